The molecule has 9 rings (SSSR count). The number of unbranched alkanes of at least 4 members (excludes halogenated alkanes) is 28. The first-order valence-electron chi connectivity index (χ1n) is 38.0. The van der Waals surface area contributed by atoms with Crippen molar-refractivity contribution in [1.82, 2.24) is 29.6 Å². The third-order valence-electron chi connectivity index (χ3n) is 19.8. The van der Waals surface area contributed by atoms with E-state index in [2.05, 4.69) is 36.2 Å². The lowest BCUT2D eigenvalue weighted by Crippen LogP contribution is -2.46. The molecule has 2 unspecified atom stereocenters. The second-order valence-electron chi connectivity index (χ2n) is 27.6. The van der Waals surface area contributed by atoms with Gasteiger partial charge in [0, 0.05) is 24.3 Å². The number of rotatable bonds is 45. The SMILES string of the molecule is CCCCCCCCCCCCCCCCC=Cc1cccc(N(c2[nH]n(-c3c(Cl)cc(Cl)cc3Cl)c(=O)c2C(c2ccccc2)c2c(N(c3cccc(C=CCCCCCCCCCCCCCCCC)c3)N3C(=O)CC(OC)C3=O)[nH]n(-c3c(Cl)cc(Cl)cc3Cl)c2=O)N2C(=O)CC(OC)C2=O)c1. The van der Waals surface area contributed by atoms with E-state index >= 15 is 19.2 Å². The van der Waals surface area contributed by atoms with Crippen molar-refractivity contribution in [3.63, 3.8) is 0 Å². The number of aromatic nitrogens is 4. The van der Waals surface area contributed by atoms with E-state index in [4.69, 9.17) is 79.1 Å². The molecule has 0 spiro atoms. The smallest absolute Gasteiger partial charge is 0.278 e. The Hall–Kier alpha value is -6.86. The number of hydrogen-bond acceptors (Lipinski definition) is 10. The maximum Gasteiger partial charge on any atom is 0.278 e. The number of nitrogens with zero attached hydrogens (tertiary/aromatic N) is 6. The van der Waals surface area contributed by atoms with E-state index in [1.165, 1.54) is 190 Å². The number of carbonyl (C=O) groups is 4. The van der Waals surface area contributed by atoms with Crippen molar-refractivity contribution in [3.8, 4) is 11.4 Å². The number of ether oxygens (including phenoxy) is 2. The van der Waals surface area contributed by atoms with Crippen LogP contribution in [-0.2, 0) is 28.7 Å². The van der Waals surface area contributed by atoms with Crippen molar-refractivity contribution >= 4 is 128 Å². The first-order chi connectivity index (χ1) is 51.0. The van der Waals surface area contributed by atoms with Gasteiger partial charge < -0.3 is 9.47 Å². The number of benzene rings is 5. The molecule has 2 N–H and O–H groups in total. The standard InChI is InChI=1S/C83H102Cl6N8O8/c1-5-7-9-11-13-15-17-19-21-23-25-27-29-31-33-36-42-58-44-40-48-63(50-58)94(96-71(98)56-69(104-3)80(96)100)78-74(82(102)92(90-78)76-65(86)52-61(84)53-66(76)87)73(60-46-38-35-39-47-60)75-79(91-93(83(75)103)77-67(88)54-62(85)55-68(77)89)95(97-72(99)57-70(105-4)81(97)101)64-49-41-45-59(51-64)43-37-34-32-30-28-26-24-22-20-18-16-14-12-10-8-6-2/h35-55,69-70,73,90-91H,5-34,56-57H2,1-4H3. The molecule has 0 bridgehead atoms. The van der Waals surface area contributed by atoms with Crippen molar-refractivity contribution < 1.29 is 28.7 Å². The lowest BCUT2D eigenvalue weighted by Gasteiger charge is -2.34. The maximum atomic E-state index is 16.7. The monoisotopic (exact) mass is 1550 g/mol. The van der Waals surface area contributed by atoms with Crippen LogP contribution < -0.4 is 21.1 Å². The molecule has 0 saturated carbocycles. The largest absolute Gasteiger partial charge is 0.371 e. The molecule has 2 fully saturated rings. The first kappa shape index (κ1) is 82.2. The number of nitrogens with one attached hydrogen (secondary N) is 2. The molecule has 4 amide bonds. The highest BCUT2D eigenvalue weighted by atomic mass is 35.5. The number of anilines is 4. The number of methoxy groups -OCH3 is 2. The number of H-pyrrole nitrogens is 2. The van der Waals surface area contributed by atoms with Gasteiger partial charge in [0.15, 0.2) is 11.6 Å². The maximum absolute atomic E-state index is 16.7. The fraction of sp³-hybridized carbons (Fsp3) is 0.470. The zero-order valence-corrected chi connectivity index (χ0v) is 65.7. The molecule has 4 heterocycles. The Labute approximate surface area is 649 Å². The van der Waals surface area contributed by atoms with E-state index in [0.29, 0.717) is 11.1 Å². The number of imide groups is 2. The van der Waals surface area contributed by atoms with Gasteiger partial charge in [-0.2, -0.15) is 10.0 Å². The summed E-state index contributed by atoms with van der Waals surface area (Å²) in [6.07, 6.45) is 41.5. The Morgan fingerprint density at radius 3 is 1.07 bits per heavy atom. The van der Waals surface area contributed by atoms with Crippen molar-refractivity contribution in [1.29, 1.82) is 0 Å². The van der Waals surface area contributed by atoms with Gasteiger partial charge in [0.25, 0.3) is 34.7 Å². The Morgan fingerprint density at radius 1 is 0.429 bits per heavy atom. The zero-order valence-electron chi connectivity index (χ0n) is 61.2. The topological polar surface area (TPSA) is 175 Å². The lowest BCUT2D eigenvalue weighted by atomic mass is 9.86. The number of aromatic amines is 2. The van der Waals surface area contributed by atoms with Crippen molar-refractivity contribution in [2.75, 3.05) is 24.2 Å². The minimum Gasteiger partial charge on any atom is -0.371 e. The summed E-state index contributed by atoms with van der Waals surface area (Å²) < 4.78 is 13.5. The van der Waals surface area contributed by atoms with E-state index < -0.39 is 52.9 Å². The molecular formula is C83H102Cl6N8O8. The fourth-order valence-corrected chi connectivity index (χ4v) is 16.2. The van der Waals surface area contributed by atoms with Gasteiger partial charge in [-0.3, -0.25) is 39.0 Å². The third kappa shape index (κ3) is 21.7. The summed E-state index contributed by atoms with van der Waals surface area (Å²) in [6, 6.07) is 28.4. The molecule has 7 aromatic rings. The first-order valence-corrected chi connectivity index (χ1v) is 40.2. The van der Waals surface area contributed by atoms with Crippen LogP contribution >= 0.6 is 69.6 Å². The molecule has 22 heteroatoms. The van der Waals surface area contributed by atoms with Crippen LogP contribution in [0.15, 0.2) is 125 Å². The second kappa shape index (κ2) is 42.0. The van der Waals surface area contributed by atoms with E-state index in [1.807, 2.05) is 24.3 Å². The van der Waals surface area contributed by atoms with Crippen LogP contribution in [0.4, 0.5) is 23.0 Å². The van der Waals surface area contributed by atoms with Crippen molar-refractivity contribution in [2.45, 2.75) is 237 Å². The summed E-state index contributed by atoms with van der Waals surface area (Å²) in [5.74, 6) is -5.00. The van der Waals surface area contributed by atoms with Gasteiger partial charge in [0.1, 0.15) is 23.6 Å². The average Bonchev–Trinajstić information content (AvgIpc) is 1.57. The fourth-order valence-electron chi connectivity index (χ4n) is 14.2. The molecule has 2 atom stereocenters. The molecule has 2 aromatic heterocycles. The number of amides is 4. The third-order valence-corrected chi connectivity index (χ3v) is 21.4. The number of carbonyl (C=O) groups excluding carboxylic acids is 4. The van der Waals surface area contributed by atoms with Crippen LogP contribution in [-0.4, -0.2) is 79.6 Å². The van der Waals surface area contributed by atoms with Crippen molar-refractivity contribution in [3.05, 3.63) is 194 Å². The van der Waals surface area contributed by atoms with E-state index in [9.17, 15) is 9.59 Å². The lowest BCUT2D eigenvalue weighted by molar-refractivity contribution is -0.142. The molecule has 5 aromatic carbocycles. The normalized spacial score (nSPS) is 15.1. The Morgan fingerprint density at radius 2 is 0.752 bits per heavy atom. The predicted molar refractivity (Wildman–Crippen MR) is 430 cm³/mol. The highest BCUT2D eigenvalue weighted by molar-refractivity contribution is 6.41. The molecule has 105 heavy (non-hydrogen) atoms. The molecule has 0 aliphatic carbocycles. The Kier molecular flexibility index (Phi) is 32.9. The summed E-state index contributed by atoms with van der Waals surface area (Å²) in [7, 11) is 2.66. The van der Waals surface area contributed by atoms with Gasteiger partial charge in [-0.1, -0.05) is 329 Å². The summed E-state index contributed by atoms with van der Waals surface area (Å²) >= 11 is 41.6. The summed E-state index contributed by atoms with van der Waals surface area (Å²) in [6.45, 7) is 4.51. The van der Waals surface area contributed by atoms with Gasteiger partial charge in [-0.05, 0) is 90.9 Å². The van der Waals surface area contributed by atoms with Gasteiger partial charge in [-0.25, -0.2) is 19.4 Å². The molecule has 0 radical (unpaired) electrons. The van der Waals surface area contributed by atoms with E-state index in [-0.39, 0.29) is 94.1 Å². The minimum atomic E-state index is -1.63. The van der Waals surface area contributed by atoms with Crippen LogP contribution in [0.3, 0.4) is 0 Å². The van der Waals surface area contributed by atoms with Crippen LogP contribution in [0, 0.1) is 0 Å². The summed E-state index contributed by atoms with van der Waals surface area (Å²) in [5, 5.41) is 10.9. The van der Waals surface area contributed by atoms with Crippen LogP contribution in [0.25, 0.3) is 23.5 Å². The van der Waals surface area contributed by atoms with Crippen LogP contribution in [0.2, 0.25) is 30.1 Å². The van der Waals surface area contributed by atoms with Crippen molar-refractivity contribution in [2.24, 2.45) is 0 Å². The number of halogens is 6. The number of hydrazine groups is 2. The summed E-state index contributed by atoms with van der Waals surface area (Å²) in [5.41, 5.74) is -0.334. The predicted octanol–water partition coefficient (Wildman–Crippen LogP) is 23.2. The van der Waals surface area contributed by atoms with Crippen LogP contribution in [0.5, 0.6) is 0 Å². The van der Waals surface area contributed by atoms with E-state index in [1.54, 1.807) is 66.7 Å². The van der Waals surface area contributed by atoms with Gasteiger partial charge in [0.05, 0.1) is 61.4 Å². The van der Waals surface area contributed by atoms with Gasteiger partial charge >= 0.3 is 0 Å². The van der Waals surface area contributed by atoms with E-state index in [0.717, 1.165) is 70.7 Å². The number of allylic oxidation sites excluding steroid dienone is 2. The summed E-state index contributed by atoms with van der Waals surface area (Å²) in [4.78, 5) is 93.4. The van der Waals surface area contributed by atoms with Gasteiger partial charge in [0.2, 0.25) is 0 Å². The minimum absolute atomic E-state index is 0.0781. The molecule has 16 nitrogen and oxygen atoms in total. The molecule has 2 aliphatic rings. The van der Waals surface area contributed by atoms with Gasteiger partial charge in [-0.15, -0.1) is 0 Å². The highest BCUT2D eigenvalue weighted by Gasteiger charge is 2.49. The zero-order chi connectivity index (χ0) is 74.8. The molecular weight excluding hydrogens is 1450 g/mol. The average molecular weight is 1550 g/mol. The highest BCUT2D eigenvalue weighted by Crippen LogP contribution is 2.46. The Bertz CT molecular complexity index is 3910. The number of hydrogen-bond donors (Lipinski definition) is 2. The Balaban J connectivity index is 1.16. The molecule has 2 aliphatic heterocycles. The quantitative estimate of drug-likeness (QED) is 0.0276. The molecule has 2 saturated heterocycles. The second-order valence-corrected chi connectivity index (χ2v) is 30.1. The molecule has 564 valence electrons. The van der Waals surface area contributed by atoms with Crippen LogP contribution in [0.1, 0.15) is 253 Å².